The molecule has 4 nitrogen and oxygen atoms in total. The maximum atomic E-state index is 13.1. The maximum Gasteiger partial charge on any atom is 0.255 e. The van der Waals surface area contributed by atoms with Gasteiger partial charge < -0.3 is 10.4 Å². The summed E-state index contributed by atoms with van der Waals surface area (Å²) < 4.78 is 0. The Morgan fingerprint density at radius 1 is 0.853 bits per heavy atom. The van der Waals surface area contributed by atoms with Crippen molar-refractivity contribution in [2.45, 2.75) is 25.8 Å². The molecule has 0 radical (unpaired) electrons. The molecule has 0 saturated carbocycles. The van der Waals surface area contributed by atoms with Crippen LogP contribution in [0.2, 0.25) is 0 Å². The lowest BCUT2D eigenvalue weighted by Crippen LogP contribution is -2.29. The first-order valence-electron chi connectivity index (χ1n) is 11.6. The summed E-state index contributed by atoms with van der Waals surface area (Å²) in [6.45, 7) is 3.06. The molecule has 4 aromatic carbocycles. The van der Waals surface area contributed by atoms with Crippen molar-refractivity contribution in [3.63, 3.8) is 0 Å². The number of fused-ring (bicyclic) bond motifs is 1. The van der Waals surface area contributed by atoms with E-state index < -0.39 is 0 Å². The Labute approximate surface area is 206 Å². The van der Waals surface area contributed by atoms with Crippen LogP contribution in [0.3, 0.4) is 0 Å². The van der Waals surface area contributed by atoms with E-state index in [2.05, 4.69) is 40.5 Å². The van der Waals surface area contributed by atoms with Gasteiger partial charge in [0.2, 0.25) is 0 Å². The van der Waals surface area contributed by atoms with Gasteiger partial charge in [-0.1, -0.05) is 55.0 Å². The van der Waals surface area contributed by atoms with Crippen molar-refractivity contribution >= 4 is 34.8 Å². The molecule has 1 saturated heterocycles. The molecule has 34 heavy (non-hydrogen) atoms. The van der Waals surface area contributed by atoms with Gasteiger partial charge in [-0.2, -0.15) is 0 Å². The van der Waals surface area contributed by atoms with Gasteiger partial charge in [-0.3, -0.25) is 9.69 Å². The highest BCUT2D eigenvalue weighted by Gasteiger charge is 2.16. The van der Waals surface area contributed by atoms with Crippen LogP contribution in [0, 0.1) is 0 Å². The van der Waals surface area contributed by atoms with Crippen molar-refractivity contribution in [1.82, 2.24) is 4.90 Å². The van der Waals surface area contributed by atoms with Gasteiger partial charge in [0, 0.05) is 23.2 Å². The summed E-state index contributed by atoms with van der Waals surface area (Å²) in [6, 6.07) is 27.3. The minimum atomic E-state index is -0.131. The van der Waals surface area contributed by atoms with Crippen LogP contribution in [-0.4, -0.2) is 29.0 Å². The summed E-state index contributed by atoms with van der Waals surface area (Å²) in [7, 11) is 0. The summed E-state index contributed by atoms with van der Waals surface area (Å²) in [5, 5.41) is 14.7. The minimum Gasteiger partial charge on any atom is -0.507 e. The molecular formula is C29H29ClN2O2. The number of hydrogen-bond acceptors (Lipinski definition) is 3. The number of amides is 1. The Balaban J connectivity index is 0.00000274. The topological polar surface area (TPSA) is 52.6 Å². The van der Waals surface area contributed by atoms with Gasteiger partial charge >= 0.3 is 0 Å². The van der Waals surface area contributed by atoms with Gasteiger partial charge in [-0.25, -0.2) is 0 Å². The molecule has 1 heterocycles. The van der Waals surface area contributed by atoms with E-state index in [0.29, 0.717) is 11.3 Å². The Morgan fingerprint density at radius 2 is 1.65 bits per heavy atom. The molecule has 1 amide bonds. The summed E-state index contributed by atoms with van der Waals surface area (Å²) >= 11 is 0. The number of likely N-dealkylation sites (tertiary alicyclic amines) is 1. The molecule has 4 aromatic rings. The van der Waals surface area contributed by atoms with Crippen LogP contribution < -0.4 is 5.32 Å². The number of nitrogens with one attached hydrogen (secondary N) is 1. The van der Waals surface area contributed by atoms with Crippen LogP contribution in [0.1, 0.15) is 35.2 Å². The third-order valence-corrected chi connectivity index (χ3v) is 6.41. The number of halogens is 1. The first-order valence-corrected chi connectivity index (χ1v) is 11.6. The van der Waals surface area contributed by atoms with Gasteiger partial charge in [0.15, 0.2) is 0 Å². The largest absolute Gasteiger partial charge is 0.507 e. The molecule has 5 heteroatoms. The molecule has 0 aromatic heterocycles. The summed E-state index contributed by atoms with van der Waals surface area (Å²) in [4.78, 5) is 15.6. The van der Waals surface area contributed by atoms with E-state index in [-0.39, 0.29) is 24.1 Å². The normalized spacial score (nSPS) is 13.9. The van der Waals surface area contributed by atoms with Crippen LogP contribution in [0.15, 0.2) is 84.9 Å². The first-order chi connectivity index (χ1) is 16.2. The van der Waals surface area contributed by atoms with Gasteiger partial charge in [0.05, 0.1) is 0 Å². The first kappa shape index (κ1) is 23.8. The van der Waals surface area contributed by atoms with Crippen molar-refractivity contribution in [1.29, 1.82) is 0 Å². The molecule has 1 aliphatic rings. The zero-order valence-corrected chi connectivity index (χ0v) is 19.9. The van der Waals surface area contributed by atoms with Crippen LogP contribution in [0.25, 0.3) is 21.9 Å². The highest BCUT2D eigenvalue weighted by molar-refractivity contribution is 6.06. The standard InChI is InChI=1S/C29H28N2O2.ClH/c32-28-11-7-10-22-19-25(13-15-27(22)28)30-29(33)23-12-14-26(21-8-3-1-4-9-21)24(18-23)20-31-16-5-2-6-17-31;/h1,3-4,7-15,18-19,32H,2,5-6,16-17,20H2,(H,30,33);1H. The van der Waals surface area contributed by atoms with Gasteiger partial charge in [-0.15, -0.1) is 12.4 Å². The molecule has 174 valence electrons. The van der Waals surface area contributed by atoms with E-state index in [1.165, 1.54) is 36.0 Å². The number of rotatable bonds is 5. The zero-order valence-electron chi connectivity index (χ0n) is 19.0. The lowest BCUT2D eigenvalue weighted by molar-refractivity contribution is 0.102. The second-order valence-corrected chi connectivity index (χ2v) is 8.74. The molecule has 0 bridgehead atoms. The number of piperidine rings is 1. The summed E-state index contributed by atoms with van der Waals surface area (Å²) in [5.74, 6) is 0.109. The van der Waals surface area contributed by atoms with Gasteiger partial charge in [0.1, 0.15) is 5.75 Å². The van der Waals surface area contributed by atoms with E-state index in [9.17, 15) is 9.90 Å². The number of phenolic OH excluding ortho intramolecular Hbond substituents is 1. The number of aromatic hydroxyl groups is 1. The molecule has 0 unspecified atom stereocenters. The SMILES string of the molecule is Cl.O=C(Nc1ccc2c(O)cccc2c1)c1ccc(-c2ccccc2)c(CN2CCCCC2)c1. The van der Waals surface area contributed by atoms with E-state index in [1.807, 2.05) is 42.5 Å². The van der Waals surface area contributed by atoms with Gasteiger partial charge in [-0.05, 0) is 84.4 Å². The average Bonchev–Trinajstić information content (AvgIpc) is 2.85. The Bertz CT molecular complexity index is 1280. The number of nitrogens with zero attached hydrogens (tertiary/aromatic N) is 1. The third kappa shape index (κ3) is 5.24. The van der Waals surface area contributed by atoms with Crippen molar-refractivity contribution in [3.8, 4) is 16.9 Å². The van der Waals surface area contributed by atoms with Gasteiger partial charge in [0.25, 0.3) is 5.91 Å². The number of carbonyl (C=O) groups is 1. The number of hydrogen-bond donors (Lipinski definition) is 2. The van der Waals surface area contributed by atoms with E-state index in [4.69, 9.17) is 0 Å². The predicted octanol–water partition coefficient (Wildman–Crippen LogP) is 6.87. The quantitative estimate of drug-likeness (QED) is 0.333. The number of anilines is 1. The average molecular weight is 473 g/mol. The Kier molecular flexibility index (Phi) is 7.51. The lowest BCUT2D eigenvalue weighted by Gasteiger charge is -2.27. The Hall–Kier alpha value is -3.34. The fraction of sp³-hybridized carbons (Fsp3) is 0.207. The third-order valence-electron chi connectivity index (χ3n) is 6.41. The van der Waals surface area contributed by atoms with E-state index in [0.717, 1.165) is 30.4 Å². The Morgan fingerprint density at radius 3 is 2.44 bits per heavy atom. The van der Waals surface area contributed by atoms with Crippen LogP contribution >= 0.6 is 12.4 Å². The van der Waals surface area contributed by atoms with Crippen molar-refractivity contribution in [2.24, 2.45) is 0 Å². The van der Waals surface area contributed by atoms with E-state index in [1.54, 1.807) is 12.1 Å². The fourth-order valence-corrected chi connectivity index (χ4v) is 4.67. The summed E-state index contributed by atoms with van der Waals surface area (Å²) in [6.07, 6.45) is 3.77. The minimum absolute atomic E-state index is 0. The van der Waals surface area contributed by atoms with Crippen LogP contribution in [0.5, 0.6) is 5.75 Å². The highest BCUT2D eigenvalue weighted by atomic mass is 35.5. The number of phenols is 1. The van der Waals surface area contributed by atoms with Crippen molar-refractivity contribution in [3.05, 3.63) is 96.1 Å². The number of carbonyl (C=O) groups excluding carboxylic acids is 1. The molecule has 5 rings (SSSR count). The molecular weight excluding hydrogens is 444 g/mol. The molecule has 1 aliphatic heterocycles. The van der Waals surface area contributed by atoms with E-state index >= 15 is 0 Å². The fourth-order valence-electron chi connectivity index (χ4n) is 4.67. The molecule has 0 aliphatic carbocycles. The maximum absolute atomic E-state index is 13.1. The van der Waals surface area contributed by atoms with Crippen molar-refractivity contribution < 1.29 is 9.90 Å². The second kappa shape index (κ2) is 10.7. The monoisotopic (exact) mass is 472 g/mol. The highest BCUT2D eigenvalue weighted by Crippen LogP contribution is 2.29. The molecule has 2 N–H and O–H groups in total. The summed E-state index contributed by atoms with van der Waals surface area (Å²) in [5.41, 5.74) is 4.89. The molecule has 1 fully saturated rings. The molecule has 0 atom stereocenters. The lowest BCUT2D eigenvalue weighted by atomic mass is 9.96. The number of benzene rings is 4. The van der Waals surface area contributed by atoms with Crippen LogP contribution in [0.4, 0.5) is 5.69 Å². The zero-order chi connectivity index (χ0) is 22.6. The van der Waals surface area contributed by atoms with Crippen LogP contribution in [-0.2, 0) is 6.54 Å². The molecule has 0 spiro atoms. The predicted molar refractivity (Wildman–Crippen MR) is 142 cm³/mol. The second-order valence-electron chi connectivity index (χ2n) is 8.74. The smallest absolute Gasteiger partial charge is 0.255 e. The van der Waals surface area contributed by atoms with Crippen molar-refractivity contribution in [2.75, 3.05) is 18.4 Å².